The van der Waals surface area contributed by atoms with E-state index in [1.54, 1.807) is 0 Å². The van der Waals surface area contributed by atoms with Gasteiger partial charge in [0, 0.05) is 0 Å². The zero-order valence-electron chi connectivity index (χ0n) is 6.25. The Balaban J connectivity index is 3.31. The summed E-state index contributed by atoms with van der Waals surface area (Å²) in [6, 6.07) is 0. The molecule has 0 spiro atoms. The van der Waals surface area contributed by atoms with E-state index in [0.29, 0.717) is 0 Å². The van der Waals surface area contributed by atoms with Gasteiger partial charge in [-0.25, -0.2) is 4.84 Å². The maximum absolute atomic E-state index is 4.94. The lowest BCUT2D eigenvalue weighted by molar-refractivity contribution is -0.519. The number of rotatable bonds is 4. The fraction of sp³-hybridized carbons (Fsp3) is 1.00. The van der Waals surface area contributed by atoms with Gasteiger partial charge in [0.2, 0.25) is 0 Å². The Labute approximate surface area is 55.2 Å². The van der Waals surface area contributed by atoms with E-state index in [2.05, 4.69) is 9.68 Å². The largest absolute Gasteiger partial charge is 0.254 e. The highest BCUT2D eigenvalue weighted by Crippen LogP contribution is 1.94. The van der Waals surface area contributed by atoms with Crippen molar-refractivity contribution in [2.24, 2.45) is 0 Å². The van der Waals surface area contributed by atoms with E-state index in [-0.39, 0.29) is 6.10 Å². The van der Waals surface area contributed by atoms with Crippen molar-refractivity contribution in [2.75, 3.05) is 14.2 Å². The molecule has 0 unspecified atom stereocenters. The summed E-state index contributed by atoms with van der Waals surface area (Å²) < 4.78 is 0. The van der Waals surface area contributed by atoms with Crippen LogP contribution >= 0.6 is 0 Å². The van der Waals surface area contributed by atoms with Crippen LogP contribution in [0.25, 0.3) is 0 Å². The molecule has 9 heavy (non-hydrogen) atoms. The van der Waals surface area contributed by atoms with Crippen molar-refractivity contribution in [1.82, 2.24) is 5.39 Å². The molecular weight excluding hydrogens is 122 g/mol. The summed E-state index contributed by atoms with van der Waals surface area (Å²) >= 11 is 0. The molecule has 0 aliphatic rings. The quantitative estimate of drug-likeness (QED) is 0.532. The van der Waals surface area contributed by atoms with Crippen molar-refractivity contribution < 1.29 is 14.5 Å². The number of hydrogen-bond acceptors (Lipinski definition) is 4. The molecule has 0 fully saturated rings. The SMILES string of the molecule is CON(OC)OC(C)C. The van der Waals surface area contributed by atoms with E-state index in [1.165, 1.54) is 14.2 Å². The molecule has 4 nitrogen and oxygen atoms in total. The van der Waals surface area contributed by atoms with Crippen LogP contribution in [0.15, 0.2) is 0 Å². The minimum absolute atomic E-state index is 0.0601. The van der Waals surface area contributed by atoms with Gasteiger partial charge in [-0.05, 0) is 13.8 Å². The zero-order valence-corrected chi connectivity index (χ0v) is 6.25. The average Bonchev–Trinajstić information content (AvgIpc) is 1.82. The van der Waals surface area contributed by atoms with E-state index >= 15 is 0 Å². The third-order valence-electron chi connectivity index (χ3n) is 0.595. The second-order valence-electron chi connectivity index (χ2n) is 1.74. The van der Waals surface area contributed by atoms with Gasteiger partial charge in [0.25, 0.3) is 0 Å². The highest BCUT2D eigenvalue weighted by molar-refractivity contribution is 4.26. The fourth-order valence-electron chi connectivity index (χ4n) is 0.333. The smallest absolute Gasteiger partial charge is 0.0788 e. The highest BCUT2D eigenvalue weighted by Gasteiger charge is 2.02. The van der Waals surface area contributed by atoms with Gasteiger partial charge < -0.3 is 0 Å². The summed E-state index contributed by atoms with van der Waals surface area (Å²) in [6.45, 7) is 3.76. The standard InChI is InChI=1S/C5H13NO3/c1-5(2)9-6(7-3)8-4/h5H,1-4H3. The molecule has 0 rings (SSSR count). The first-order chi connectivity index (χ1) is 4.20. The van der Waals surface area contributed by atoms with Crippen molar-refractivity contribution in [2.45, 2.75) is 20.0 Å². The molecule has 0 amide bonds. The molecule has 0 saturated heterocycles. The summed E-state index contributed by atoms with van der Waals surface area (Å²) in [5.41, 5.74) is 0. The molecular formula is C5H13NO3. The topological polar surface area (TPSA) is 30.9 Å². The van der Waals surface area contributed by atoms with Crippen LogP contribution in [0.3, 0.4) is 0 Å². The van der Waals surface area contributed by atoms with Crippen LogP contribution < -0.4 is 0 Å². The lowest BCUT2D eigenvalue weighted by Gasteiger charge is -2.16. The maximum Gasteiger partial charge on any atom is 0.0788 e. The van der Waals surface area contributed by atoms with Crippen LogP contribution in [0.1, 0.15) is 13.8 Å². The summed E-state index contributed by atoms with van der Waals surface area (Å²) in [6.07, 6.45) is 0.0601. The average molecular weight is 135 g/mol. The minimum Gasteiger partial charge on any atom is -0.254 e. The second kappa shape index (κ2) is 4.69. The Morgan fingerprint density at radius 3 is 1.67 bits per heavy atom. The summed E-state index contributed by atoms with van der Waals surface area (Å²) in [7, 11) is 2.93. The first kappa shape index (κ1) is 8.84. The normalized spacial score (nSPS) is 11.3. The van der Waals surface area contributed by atoms with Gasteiger partial charge in [-0.1, -0.05) is 0 Å². The van der Waals surface area contributed by atoms with Crippen molar-refractivity contribution in [3.05, 3.63) is 0 Å². The first-order valence-corrected chi connectivity index (χ1v) is 2.75. The predicted molar refractivity (Wildman–Crippen MR) is 32.1 cm³/mol. The van der Waals surface area contributed by atoms with Crippen LogP contribution in [0.4, 0.5) is 0 Å². The number of hydrogen-bond donors (Lipinski definition) is 0. The first-order valence-electron chi connectivity index (χ1n) is 2.75. The van der Waals surface area contributed by atoms with Crippen LogP contribution in [0.5, 0.6) is 0 Å². The Kier molecular flexibility index (Phi) is 4.61. The monoisotopic (exact) mass is 135 g/mol. The molecule has 0 aliphatic heterocycles. The van der Waals surface area contributed by atoms with E-state index in [9.17, 15) is 0 Å². The Morgan fingerprint density at radius 2 is 1.56 bits per heavy atom. The summed E-state index contributed by atoms with van der Waals surface area (Å²) in [5.74, 6) is 0. The Bertz CT molecular complexity index is 63.2. The summed E-state index contributed by atoms with van der Waals surface area (Å²) in [5, 5.41) is 0.949. The highest BCUT2D eigenvalue weighted by atomic mass is 17.2. The minimum atomic E-state index is 0.0601. The van der Waals surface area contributed by atoms with Crippen molar-refractivity contribution in [3.63, 3.8) is 0 Å². The third kappa shape index (κ3) is 4.35. The molecule has 0 radical (unpaired) electrons. The molecule has 0 bridgehead atoms. The van der Waals surface area contributed by atoms with Crippen LogP contribution in [0.2, 0.25) is 0 Å². The van der Waals surface area contributed by atoms with Gasteiger partial charge in [-0.15, -0.1) is 0 Å². The Morgan fingerprint density at radius 1 is 1.11 bits per heavy atom. The van der Waals surface area contributed by atoms with Gasteiger partial charge in [-0.3, -0.25) is 9.68 Å². The molecule has 0 heterocycles. The molecule has 0 aliphatic carbocycles. The molecule has 4 heteroatoms. The van der Waals surface area contributed by atoms with Gasteiger partial charge in [-0.2, -0.15) is 0 Å². The van der Waals surface area contributed by atoms with E-state index in [1.807, 2.05) is 13.8 Å². The van der Waals surface area contributed by atoms with Crippen LogP contribution in [-0.2, 0) is 14.5 Å². The van der Waals surface area contributed by atoms with Crippen LogP contribution in [0, 0.1) is 0 Å². The van der Waals surface area contributed by atoms with E-state index in [0.717, 1.165) is 5.39 Å². The van der Waals surface area contributed by atoms with Crippen molar-refractivity contribution >= 4 is 0 Å². The van der Waals surface area contributed by atoms with Gasteiger partial charge in [0.05, 0.1) is 25.7 Å². The third-order valence-corrected chi connectivity index (χ3v) is 0.595. The van der Waals surface area contributed by atoms with Gasteiger partial charge >= 0.3 is 0 Å². The predicted octanol–water partition coefficient (Wildman–Crippen LogP) is 0.751. The van der Waals surface area contributed by atoms with Gasteiger partial charge in [0.1, 0.15) is 0 Å². The van der Waals surface area contributed by atoms with Crippen molar-refractivity contribution in [1.29, 1.82) is 0 Å². The Hall–Kier alpha value is -0.160. The summed E-state index contributed by atoms with van der Waals surface area (Å²) in [4.78, 5) is 14.1. The molecule has 0 atom stereocenters. The molecule has 0 aromatic rings. The van der Waals surface area contributed by atoms with Gasteiger partial charge in [0.15, 0.2) is 0 Å². The fourth-order valence-corrected chi connectivity index (χ4v) is 0.333. The molecule has 0 aromatic carbocycles. The van der Waals surface area contributed by atoms with Crippen LogP contribution in [-0.4, -0.2) is 25.7 Å². The second-order valence-corrected chi connectivity index (χ2v) is 1.74. The van der Waals surface area contributed by atoms with E-state index in [4.69, 9.17) is 4.84 Å². The number of nitrogens with zero attached hydrogens (tertiary/aromatic N) is 1. The zero-order chi connectivity index (χ0) is 7.28. The van der Waals surface area contributed by atoms with Crippen molar-refractivity contribution in [3.8, 4) is 0 Å². The molecule has 56 valence electrons. The lowest BCUT2D eigenvalue weighted by atomic mass is 10.5. The van der Waals surface area contributed by atoms with E-state index < -0.39 is 0 Å². The maximum atomic E-state index is 4.94. The lowest BCUT2D eigenvalue weighted by Crippen LogP contribution is -2.24. The molecule has 0 N–H and O–H groups in total. The molecule has 0 saturated carbocycles. The molecule has 0 aromatic heterocycles.